The van der Waals surface area contributed by atoms with Crippen molar-refractivity contribution in [3.05, 3.63) is 30.1 Å². The third-order valence-corrected chi connectivity index (χ3v) is 0.908. The summed E-state index contributed by atoms with van der Waals surface area (Å²) in [7, 11) is 0. The van der Waals surface area contributed by atoms with Gasteiger partial charge in [-0.25, -0.2) is 4.79 Å². The van der Waals surface area contributed by atoms with Crippen LogP contribution in [0.1, 0.15) is 10.4 Å². The van der Waals surface area contributed by atoms with E-state index in [4.69, 9.17) is 5.11 Å². The summed E-state index contributed by atoms with van der Waals surface area (Å²) in [5, 5.41) is 8.34. The number of aromatic nitrogens is 1. The number of carboxylic acid groups (broad SMARTS) is 1. The zero-order chi connectivity index (χ0) is 6.69. The Morgan fingerprint density at radius 1 is 0.941 bits per heavy atom. The lowest BCUT2D eigenvalue weighted by Gasteiger charge is -1.87. The highest BCUT2D eigenvalue weighted by molar-refractivity contribution is 5.86. The maximum atomic E-state index is 10.2. The Morgan fingerprint density at radius 2 is 1.35 bits per heavy atom. The minimum Gasteiger partial charge on any atom is -0.478 e. The Morgan fingerprint density at radius 3 is 1.53 bits per heavy atom. The molecule has 0 aromatic carbocycles. The van der Waals surface area contributed by atoms with Gasteiger partial charge >= 0.3 is 5.97 Å². The molecule has 0 amide bonds. The van der Waals surface area contributed by atoms with Gasteiger partial charge in [0, 0.05) is 12.4 Å². The molecule has 0 fully saturated rings. The molecule has 1 rings (SSSR count). The number of nitrogens with zero attached hydrogens (tertiary/aromatic N) is 1. The van der Waals surface area contributed by atoms with Gasteiger partial charge in [0.05, 0.1) is 5.56 Å². The van der Waals surface area contributed by atoms with Crippen molar-refractivity contribution in [2.75, 3.05) is 0 Å². The van der Waals surface area contributed by atoms with Crippen LogP contribution in [0, 0.1) is 0 Å². The van der Waals surface area contributed by atoms with E-state index in [0.29, 0.717) is 0 Å². The van der Waals surface area contributed by atoms with E-state index < -0.39 is 5.97 Å². The van der Waals surface area contributed by atoms with Crippen LogP contribution in [0.4, 0.5) is 0 Å². The number of carboxylic acids is 1. The number of aromatic carboxylic acids is 1. The van der Waals surface area contributed by atoms with E-state index in [1.807, 2.05) is 0 Å². The number of hydrogen-bond acceptors (Lipinski definition) is 2. The molecule has 1 heterocycles. The molecule has 17 heavy (non-hydrogen) atoms. The van der Waals surface area contributed by atoms with Crippen molar-refractivity contribution < 1.29 is 53.7 Å². The molecule has 0 bridgehead atoms. The largest absolute Gasteiger partial charge is 0.478 e. The van der Waals surface area contributed by atoms with E-state index in [1.54, 1.807) is 6.07 Å². The topological polar surface area (TPSA) is 302 Å². The van der Waals surface area contributed by atoms with Crippen molar-refractivity contribution in [3.8, 4) is 0 Å². The molecule has 0 aliphatic rings. The third kappa shape index (κ3) is 20.4. The smallest absolute Gasteiger partial charge is 0.337 e. The van der Waals surface area contributed by atoms with Gasteiger partial charge in [0.25, 0.3) is 0 Å². The fraction of sp³-hybridized carbons (Fsp3) is 0. The average molecular weight is 267 g/mol. The quantitative estimate of drug-likeness (QED) is 0.519. The summed E-state index contributed by atoms with van der Waals surface area (Å²) in [6.07, 6.45) is 2.84. The van der Waals surface area contributed by atoms with Gasteiger partial charge < -0.3 is 48.9 Å². The maximum absolute atomic E-state index is 10.2. The van der Waals surface area contributed by atoms with Crippen LogP contribution in [-0.4, -0.2) is 59.9 Å². The summed E-state index contributed by atoms with van der Waals surface area (Å²) in [5.41, 5.74) is 0.220. The van der Waals surface area contributed by atoms with Gasteiger partial charge in [-0.15, -0.1) is 0 Å². The molecule has 0 aliphatic carbocycles. The molecule has 11 nitrogen and oxygen atoms in total. The molecule has 1 aromatic heterocycles. The number of pyridine rings is 1. The molecule has 0 spiro atoms. The second-order valence-corrected chi connectivity index (χ2v) is 1.55. The van der Waals surface area contributed by atoms with Crippen LogP contribution in [0.3, 0.4) is 0 Å². The zero-order valence-electron chi connectivity index (χ0n) is 8.61. The predicted molar refractivity (Wildman–Crippen MR) is 60.1 cm³/mol. The van der Waals surface area contributed by atoms with Gasteiger partial charge in [-0.3, -0.25) is 4.98 Å². The van der Waals surface area contributed by atoms with E-state index >= 15 is 0 Å². The Bertz CT molecular complexity index is 217. The van der Waals surface area contributed by atoms with Gasteiger partial charge in [0.1, 0.15) is 0 Å². The van der Waals surface area contributed by atoms with Gasteiger partial charge in [0.2, 0.25) is 0 Å². The van der Waals surface area contributed by atoms with Crippen LogP contribution >= 0.6 is 0 Å². The molecule has 0 atom stereocenters. The molecule has 1 aromatic rings. The monoisotopic (exact) mass is 267 g/mol. The Hall–Kier alpha value is -1.70. The molecule has 0 aliphatic heterocycles. The molecular weight excluding hydrogens is 246 g/mol. The van der Waals surface area contributed by atoms with Crippen LogP contribution in [0.2, 0.25) is 0 Å². The van der Waals surface area contributed by atoms with E-state index in [9.17, 15) is 4.79 Å². The molecular formula is C6H21NO10. The van der Waals surface area contributed by atoms with Crippen LogP contribution < -0.4 is 0 Å². The SMILES string of the molecule is O.O.O.O.O.O.O.O.O=C(O)c1cccnc1. The van der Waals surface area contributed by atoms with Crippen molar-refractivity contribution in [1.82, 2.24) is 4.98 Å². The minimum absolute atomic E-state index is 0. The van der Waals surface area contributed by atoms with E-state index in [0.717, 1.165) is 0 Å². The average Bonchev–Trinajstić information content (AvgIpc) is 1.90. The lowest BCUT2D eigenvalue weighted by molar-refractivity contribution is 0.0696. The summed E-state index contributed by atoms with van der Waals surface area (Å²) in [5.74, 6) is -0.942. The summed E-state index contributed by atoms with van der Waals surface area (Å²) in [4.78, 5) is 13.8. The second kappa shape index (κ2) is 29.2. The van der Waals surface area contributed by atoms with Crippen LogP contribution in [0.5, 0.6) is 0 Å². The van der Waals surface area contributed by atoms with Gasteiger partial charge in [-0.1, -0.05) is 0 Å². The second-order valence-electron chi connectivity index (χ2n) is 1.55. The fourth-order valence-corrected chi connectivity index (χ4v) is 0.489. The molecule has 0 saturated heterocycles. The van der Waals surface area contributed by atoms with Gasteiger partial charge in [-0.05, 0) is 12.1 Å². The lowest BCUT2D eigenvalue weighted by atomic mass is 10.3. The van der Waals surface area contributed by atoms with Crippen molar-refractivity contribution in [2.45, 2.75) is 0 Å². The fourth-order valence-electron chi connectivity index (χ4n) is 0.489. The number of carbonyl (C=O) groups is 1. The number of rotatable bonds is 1. The van der Waals surface area contributed by atoms with Gasteiger partial charge in [-0.2, -0.15) is 0 Å². The lowest BCUT2D eigenvalue weighted by Crippen LogP contribution is -1.94. The molecule has 17 N–H and O–H groups in total. The summed E-state index contributed by atoms with van der Waals surface area (Å²) >= 11 is 0. The van der Waals surface area contributed by atoms with E-state index in [-0.39, 0.29) is 49.4 Å². The highest BCUT2D eigenvalue weighted by Crippen LogP contribution is 1.92. The highest BCUT2D eigenvalue weighted by atomic mass is 16.4. The molecule has 110 valence electrons. The third-order valence-electron chi connectivity index (χ3n) is 0.908. The molecule has 0 radical (unpaired) electrons. The summed E-state index contributed by atoms with van der Waals surface area (Å²) < 4.78 is 0. The molecule has 0 unspecified atom stereocenters. The number of hydrogen-bond donors (Lipinski definition) is 1. The normalized spacial score (nSPS) is 4.71. The van der Waals surface area contributed by atoms with Crippen molar-refractivity contribution in [1.29, 1.82) is 0 Å². The van der Waals surface area contributed by atoms with Crippen LogP contribution in [0.25, 0.3) is 0 Å². The first-order chi connectivity index (χ1) is 4.30. The molecule has 11 heteroatoms. The first kappa shape index (κ1) is 58.7. The minimum atomic E-state index is -0.942. The Balaban J connectivity index is -0.0000000169. The Kier molecular flexibility index (Phi) is 101. The van der Waals surface area contributed by atoms with Crippen molar-refractivity contribution in [3.63, 3.8) is 0 Å². The van der Waals surface area contributed by atoms with Crippen molar-refractivity contribution in [2.24, 2.45) is 0 Å². The van der Waals surface area contributed by atoms with Crippen LogP contribution in [0.15, 0.2) is 24.5 Å². The maximum Gasteiger partial charge on any atom is 0.337 e. The van der Waals surface area contributed by atoms with E-state index in [1.165, 1.54) is 18.5 Å². The summed E-state index contributed by atoms with van der Waals surface area (Å²) in [6.45, 7) is 0. The van der Waals surface area contributed by atoms with Gasteiger partial charge in [0.15, 0.2) is 0 Å². The zero-order valence-corrected chi connectivity index (χ0v) is 8.61. The van der Waals surface area contributed by atoms with Crippen molar-refractivity contribution >= 4 is 5.97 Å². The first-order valence-corrected chi connectivity index (χ1v) is 2.44. The highest BCUT2D eigenvalue weighted by Gasteiger charge is 1.97. The Labute approximate surface area is 95.8 Å². The molecule has 0 saturated carbocycles. The predicted octanol–water partition coefficient (Wildman–Crippen LogP) is -5.82. The summed E-state index contributed by atoms with van der Waals surface area (Å²) in [6, 6.07) is 3.08. The first-order valence-electron chi connectivity index (χ1n) is 2.44. The van der Waals surface area contributed by atoms with E-state index in [2.05, 4.69) is 4.98 Å². The standard InChI is InChI=1S/C6H5NO2.8H2O/c8-6(9)5-2-1-3-7-4-5;;;;;;;;/h1-4H,(H,8,9);8*1H2. The van der Waals surface area contributed by atoms with Crippen LogP contribution in [-0.2, 0) is 0 Å².